The van der Waals surface area contributed by atoms with Gasteiger partial charge in [-0.15, -0.1) is 0 Å². The van der Waals surface area contributed by atoms with Gasteiger partial charge in [0.25, 0.3) is 0 Å². The minimum absolute atomic E-state index is 0.00272. The van der Waals surface area contributed by atoms with Crippen molar-refractivity contribution in [1.29, 1.82) is 0 Å². The molecule has 4 rings (SSSR count). The quantitative estimate of drug-likeness (QED) is 0.403. The highest BCUT2D eigenvalue weighted by Gasteiger charge is 2.31. The fourth-order valence-electron chi connectivity index (χ4n) is 4.01. The number of hydrogen-bond acceptors (Lipinski definition) is 7. The van der Waals surface area contributed by atoms with Crippen molar-refractivity contribution in [2.45, 2.75) is 24.8 Å². The van der Waals surface area contributed by atoms with Crippen molar-refractivity contribution in [3.05, 3.63) is 59.3 Å². The Morgan fingerprint density at radius 1 is 1.12 bits per heavy atom. The molecular weight excluding hydrogens is 460 g/mol. The van der Waals surface area contributed by atoms with Crippen LogP contribution in [0, 0.1) is 6.92 Å². The molecule has 9 nitrogen and oxygen atoms in total. The molecule has 34 heavy (non-hydrogen) atoms. The van der Waals surface area contributed by atoms with Crippen LogP contribution in [-0.2, 0) is 19.5 Å². The topological polar surface area (TPSA) is 115 Å². The van der Waals surface area contributed by atoms with Crippen LogP contribution < -0.4 is 4.74 Å². The zero-order valence-corrected chi connectivity index (χ0v) is 20.0. The number of aryl methyl sites for hydroxylation is 1. The Morgan fingerprint density at radius 3 is 2.53 bits per heavy atom. The third-order valence-corrected chi connectivity index (χ3v) is 7.70. The molecule has 1 fully saturated rings. The number of ketones is 1. The molecule has 0 radical (unpaired) electrons. The maximum Gasteiger partial charge on any atom is 0.338 e. The van der Waals surface area contributed by atoms with Gasteiger partial charge >= 0.3 is 5.97 Å². The molecule has 0 bridgehead atoms. The largest absolute Gasteiger partial charge is 0.495 e. The summed E-state index contributed by atoms with van der Waals surface area (Å²) in [6.07, 6.45) is -1.08. The minimum Gasteiger partial charge on any atom is -0.495 e. The van der Waals surface area contributed by atoms with Gasteiger partial charge in [-0.05, 0) is 38.1 Å². The second-order valence-corrected chi connectivity index (χ2v) is 9.87. The number of H-pyrrole nitrogens is 1. The van der Waals surface area contributed by atoms with Crippen LogP contribution in [-0.4, -0.2) is 69.0 Å². The number of morpholine rings is 1. The molecule has 1 N–H and O–H groups in total. The monoisotopic (exact) mass is 486 g/mol. The molecule has 1 aliphatic rings. The maximum atomic E-state index is 13.2. The summed E-state index contributed by atoms with van der Waals surface area (Å²) in [5, 5.41) is 0.747. The molecule has 1 aliphatic heterocycles. The first-order valence-corrected chi connectivity index (χ1v) is 12.3. The van der Waals surface area contributed by atoms with Gasteiger partial charge in [-0.2, -0.15) is 4.31 Å². The van der Waals surface area contributed by atoms with Crippen molar-refractivity contribution < 1.29 is 32.2 Å². The van der Waals surface area contributed by atoms with Crippen LogP contribution in [0.2, 0.25) is 0 Å². The van der Waals surface area contributed by atoms with Crippen molar-refractivity contribution in [3.63, 3.8) is 0 Å². The predicted octanol–water partition coefficient (Wildman–Crippen LogP) is 2.93. The molecule has 180 valence electrons. The van der Waals surface area contributed by atoms with Crippen LogP contribution in [0.5, 0.6) is 5.75 Å². The molecule has 1 unspecified atom stereocenters. The fourth-order valence-corrected chi connectivity index (χ4v) is 5.60. The highest BCUT2D eigenvalue weighted by molar-refractivity contribution is 7.89. The van der Waals surface area contributed by atoms with Gasteiger partial charge in [0.05, 0.1) is 25.9 Å². The van der Waals surface area contributed by atoms with E-state index in [-0.39, 0.29) is 48.3 Å². The number of fused-ring (bicyclic) bond motifs is 1. The van der Waals surface area contributed by atoms with Gasteiger partial charge in [-0.3, -0.25) is 4.79 Å². The number of sulfonamides is 1. The molecule has 2 heterocycles. The van der Waals surface area contributed by atoms with E-state index in [2.05, 4.69) is 4.98 Å². The number of Topliss-reactive ketones (excluding diaryl/α,β-unsaturated/α-hetero) is 1. The van der Waals surface area contributed by atoms with E-state index < -0.39 is 22.1 Å². The standard InChI is InChI=1S/C24H26N2O7S/c1-15-22(18-6-4-5-7-19(18)25-15)23(27)16(2)33-24(28)17-8-9-20(31-3)21(14-17)34(29,30)26-10-12-32-13-11-26/h4-9,14,16,25H,10-13H2,1-3H3. The van der Waals surface area contributed by atoms with E-state index >= 15 is 0 Å². The van der Waals surface area contributed by atoms with E-state index in [1.807, 2.05) is 24.3 Å². The van der Waals surface area contributed by atoms with Crippen molar-refractivity contribution in [3.8, 4) is 5.75 Å². The number of ether oxygens (including phenoxy) is 3. The SMILES string of the molecule is COc1ccc(C(=O)OC(C)C(=O)c2c(C)[nH]c3ccccc23)cc1S(=O)(=O)N1CCOCC1. The second-order valence-electron chi connectivity index (χ2n) is 7.96. The van der Waals surface area contributed by atoms with E-state index in [0.717, 1.165) is 10.9 Å². The molecule has 1 atom stereocenters. The fraction of sp³-hybridized carbons (Fsp3) is 0.333. The number of rotatable bonds is 7. The Balaban J connectivity index is 1.59. The van der Waals surface area contributed by atoms with Crippen LogP contribution in [0.15, 0.2) is 47.4 Å². The summed E-state index contributed by atoms with van der Waals surface area (Å²) in [6, 6.07) is 11.4. The highest BCUT2D eigenvalue weighted by Crippen LogP contribution is 2.29. The first-order chi connectivity index (χ1) is 16.2. The number of carbonyl (C=O) groups excluding carboxylic acids is 2. The first-order valence-electron chi connectivity index (χ1n) is 10.8. The van der Waals surface area contributed by atoms with Gasteiger partial charge in [-0.25, -0.2) is 13.2 Å². The Kier molecular flexibility index (Phi) is 6.74. The number of aromatic amines is 1. The Labute approximate surface area is 197 Å². The number of esters is 1. The van der Waals surface area contributed by atoms with Crippen molar-refractivity contribution in [2.75, 3.05) is 33.4 Å². The van der Waals surface area contributed by atoms with Crippen LogP contribution in [0.25, 0.3) is 10.9 Å². The average molecular weight is 487 g/mol. The molecule has 2 aromatic carbocycles. The molecule has 0 spiro atoms. The minimum atomic E-state index is -3.92. The summed E-state index contributed by atoms with van der Waals surface area (Å²) in [5.74, 6) is -1.04. The van der Waals surface area contributed by atoms with E-state index in [0.29, 0.717) is 11.3 Å². The third kappa shape index (κ3) is 4.44. The maximum absolute atomic E-state index is 13.2. The zero-order valence-electron chi connectivity index (χ0n) is 19.2. The molecule has 0 amide bonds. The van der Waals surface area contributed by atoms with Gasteiger partial charge in [0, 0.05) is 35.2 Å². The van der Waals surface area contributed by atoms with Crippen LogP contribution >= 0.6 is 0 Å². The van der Waals surface area contributed by atoms with Gasteiger partial charge in [0.15, 0.2) is 6.10 Å². The molecule has 0 aliphatic carbocycles. The Bertz CT molecular complexity index is 1340. The lowest BCUT2D eigenvalue weighted by Gasteiger charge is -2.26. The summed E-state index contributed by atoms with van der Waals surface area (Å²) in [5.41, 5.74) is 1.96. The lowest BCUT2D eigenvalue weighted by atomic mass is 10.0. The normalized spacial score (nSPS) is 15.7. The second kappa shape index (κ2) is 9.57. The van der Waals surface area contributed by atoms with E-state index in [1.165, 1.54) is 36.5 Å². The van der Waals surface area contributed by atoms with E-state index in [9.17, 15) is 18.0 Å². The zero-order chi connectivity index (χ0) is 24.5. The Morgan fingerprint density at radius 2 is 1.82 bits per heavy atom. The van der Waals surface area contributed by atoms with Crippen molar-refractivity contribution >= 4 is 32.7 Å². The van der Waals surface area contributed by atoms with Crippen LogP contribution in [0.3, 0.4) is 0 Å². The van der Waals surface area contributed by atoms with Gasteiger partial charge in [0.2, 0.25) is 15.8 Å². The lowest BCUT2D eigenvalue weighted by molar-refractivity contribution is 0.0318. The molecule has 3 aromatic rings. The summed E-state index contributed by atoms with van der Waals surface area (Å²) in [6.45, 7) is 4.27. The molecular formula is C24H26N2O7S. The molecule has 1 saturated heterocycles. The van der Waals surface area contributed by atoms with Gasteiger partial charge in [0.1, 0.15) is 10.6 Å². The number of nitrogens with zero attached hydrogens (tertiary/aromatic N) is 1. The summed E-state index contributed by atoms with van der Waals surface area (Å²) in [4.78, 5) is 29.0. The van der Waals surface area contributed by atoms with Gasteiger partial charge in [-0.1, -0.05) is 18.2 Å². The highest BCUT2D eigenvalue weighted by atomic mass is 32.2. The van der Waals surface area contributed by atoms with E-state index in [4.69, 9.17) is 14.2 Å². The number of aromatic nitrogens is 1. The number of hydrogen-bond donors (Lipinski definition) is 1. The van der Waals surface area contributed by atoms with Crippen LogP contribution in [0.1, 0.15) is 33.3 Å². The number of methoxy groups -OCH3 is 1. The lowest BCUT2D eigenvalue weighted by Crippen LogP contribution is -2.40. The number of nitrogens with one attached hydrogen (secondary N) is 1. The number of benzene rings is 2. The van der Waals surface area contributed by atoms with E-state index in [1.54, 1.807) is 6.92 Å². The summed E-state index contributed by atoms with van der Waals surface area (Å²) < 4.78 is 43.5. The molecule has 0 saturated carbocycles. The molecule has 1 aromatic heterocycles. The third-order valence-electron chi connectivity index (χ3n) is 5.78. The average Bonchev–Trinajstić information content (AvgIpc) is 3.19. The van der Waals surface area contributed by atoms with Crippen molar-refractivity contribution in [2.24, 2.45) is 0 Å². The van der Waals surface area contributed by atoms with Crippen molar-refractivity contribution in [1.82, 2.24) is 9.29 Å². The molecule has 10 heteroatoms. The number of carbonyl (C=O) groups is 2. The van der Waals surface area contributed by atoms with Gasteiger partial charge < -0.3 is 19.2 Å². The smallest absolute Gasteiger partial charge is 0.338 e. The Hall–Kier alpha value is -3.21. The van der Waals surface area contributed by atoms with Crippen LogP contribution in [0.4, 0.5) is 0 Å². The summed E-state index contributed by atoms with van der Waals surface area (Å²) in [7, 11) is -2.56. The summed E-state index contributed by atoms with van der Waals surface area (Å²) >= 11 is 0. The number of para-hydroxylation sites is 1. The first kappa shape index (κ1) is 23.9. The predicted molar refractivity (Wildman–Crippen MR) is 125 cm³/mol.